The number of carbonyl (C=O) groups is 1. The van der Waals surface area contributed by atoms with Crippen LogP contribution < -0.4 is 10.1 Å². The number of amides is 1. The van der Waals surface area contributed by atoms with Crippen molar-refractivity contribution in [2.45, 2.75) is 0 Å². The molecule has 0 bridgehead atoms. The summed E-state index contributed by atoms with van der Waals surface area (Å²) in [6.07, 6.45) is 1.68. The summed E-state index contributed by atoms with van der Waals surface area (Å²) in [4.78, 5) is 12.1. The number of fused-ring (bicyclic) bond motifs is 1. The average molecular weight is 336 g/mol. The highest BCUT2D eigenvalue weighted by molar-refractivity contribution is 6.37. The summed E-state index contributed by atoms with van der Waals surface area (Å²) in [6.45, 7) is 0. The molecule has 1 heterocycles. The second kappa shape index (κ2) is 5.55. The molecule has 0 saturated carbocycles. The second-order valence-electron chi connectivity index (χ2n) is 4.76. The molecule has 2 aromatic carbocycles. The molecule has 0 radical (unpaired) electrons. The van der Waals surface area contributed by atoms with E-state index in [4.69, 9.17) is 27.9 Å². The molecular weight excluding hydrogens is 325 g/mol. The van der Waals surface area contributed by atoms with Crippen molar-refractivity contribution in [2.24, 2.45) is 0 Å². The van der Waals surface area contributed by atoms with Crippen LogP contribution in [0.4, 0.5) is 5.69 Å². The third kappa shape index (κ3) is 2.51. The van der Waals surface area contributed by atoms with Gasteiger partial charge in [-0.2, -0.15) is 0 Å². The van der Waals surface area contributed by atoms with Gasteiger partial charge in [0.25, 0.3) is 5.91 Å². The lowest BCUT2D eigenvalue weighted by Crippen LogP contribution is -2.03. The molecule has 1 aliphatic heterocycles. The van der Waals surface area contributed by atoms with Gasteiger partial charge in [-0.3, -0.25) is 4.79 Å². The lowest BCUT2D eigenvalue weighted by Gasteiger charge is -2.07. The predicted octanol–water partition coefficient (Wildman–Crippen LogP) is 4.20. The van der Waals surface area contributed by atoms with Gasteiger partial charge in [-0.1, -0.05) is 29.3 Å². The highest BCUT2D eigenvalue weighted by Crippen LogP contribution is 2.38. The zero-order chi connectivity index (χ0) is 15.9. The number of carbonyl (C=O) groups excluding carboxylic acids is 1. The van der Waals surface area contributed by atoms with Crippen LogP contribution in [0.15, 0.2) is 30.3 Å². The first-order valence-corrected chi connectivity index (χ1v) is 7.14. The summed E-state index contributed by atoms with van der Waals surface area (Å²) in [5.41, 5.74) is 2.57. The Kier molecular flexibility index (Phi) is 3.72. The van der Waals surface area contributed by atoms with Gasteiger partial charge in [-0.15, -0.1) is 0 Å². The Morgan fingerprint density at radius 3 is 2.73 bits per heavy atom. The van der Waals surface area contributed by atoms with E-state index in [2.05, 4.69) is 5.32 Å². The first-order valence-electron chi connectivity index (χ1n) is 6.39. The highest BCUT2D eigenvalue weighted by atomic mass is 35.5. The number of rotatable bonds is 2. The maximum atomic E-state index is 12.1. The number of halogens is 2. The minimum Gasteiger partial charge on any atom is -0.503 e. The van der Waals surface area contributed by atoms with E-state index >= 15 is 0 Å². The normalized spacial score (nSPS) is 14.9. The van der Waals surface area contributed by atoms with Crippen molar-refractivity contribution >= 4 is 46.4 Å². The molecule has 1 amide bonds. The molecule has 2 aromatic rings. The molecule has 6 heteroatoms. The first-order chi connectivity index (χ1) is 10.5. The van der Waals surface area contributed by atoms with Crippen LogP contribution in [0.2, 0.25) is 10.0 Å². The Bertz CT molecular complexity index is 815. The molecule has 22 heavy (non-hydrogen) atoms. The summed E-state index contributed by atoms with van der Waals surface area (Å²) in [5.74, 6) is -0.108. The van der Waals surface area contributed by atoms with Gasteiger partial charge in [-0.25, -0.2) is 0 Å². The first kappa shape index (κ1) is 14.8. The SMILES string of the molecule is COc1cc(/C=C2/C(=O)Nc3cc(Cl)ccc32)cc(Cl)c1O. The zero-order valence-corrected chi connectivity index (χ0v) is 13.0. The molecule has 4 nitrogen and oxygen atoms in total. The van der Waals surface area contributed by atoms with Crippen LogP contribution >= 0.6 is 23.2 Å². The Hall–Kier alpha value is -2.17. The Labute approximate surface area is 136 Å². The summed E-state index contributed by atoms with van der Waals surface area (Å²) in [5, 5.41) is 13.2. The summed E-state index contributed by atoms with van der Waals surface area (Å²) < 4.78 is 5.06. The van der Waals surface area contributed by atoms with Crippen molar-refractivity contribution in [3.63, 3.8) is 0 Å². The maximum Gasteiger partial charge on any atom is 0.256 e. The number of anilines is 1. The van der Waals surface area contributed by atoms with Crippen LogP contribution in [0.1, 0.15) is 11.1 Å². The monoisotopic (exact) mass is 335 g/mol. The molecular formula is C16H11Cl2NO3. The van der Waals surface area contributed by atoms with E-state index < -0.39 is 0 Å². The number of hydrogen-bond acceptors (Lipinski definition) is 3. The van der Waals surface area contributed by atoms with E-state index in [1.165, 1.54) is 7.11 Å². The van der Waals surface area contributed by atoms with Crippen molar-refractivity contribution < 1.29 is 14.6 Å². The molecule has 0 aromatic heterocycles. The van der Waals surface area contributed by atoms with Crippen molar-refractivity contribution in [3.8, 4) is 11.5 Å². The standard InChI is InChI=1S/C16H11Cl2NO3/c1-22-14-6-8(5-12(18)15(14)20)4-11-10-3-2-9(17)7-13(10)19-16(11)21/h2-7,20H,1H3,(H,19,21)/b11-4+. The van der Waals surface area contributed by atoms with Crippen molar-refractivity contribution in [2.75, 3.05) is 12.4 Å². The van der Waals surface area contributed by atoms with E-state index in [1.807, 2.05) is 0 Å². The molecule has 1 aliphatic rings. The van der Waals surface area contributed by atoms with Crippen molar-refractivity contribution in [3.05, 3.63) is 51.5 Å². The van der Waals surface area contributed by atoms with E-state index in [0.29, 0.717) is 21.8 Å². The summed E-state index contributed by atoms with van der Waals surface area (Å²) >= 11 is 11.9. The molecule has 3 rings (SSSR count). The van der Waals surface area contributed by atoms with Gasteiger partial charge in [0.05, 0.1) is 17.8 Å². The number of nitrogens with one attached hydrogen (secondary N) is 1. The van der Waals surface area contributed by atoms with Crippen molar-refractivity contribution in [1.29, 1.82) is 0 Å². The number of methoxy groups -OCH3 is 1. The summed E-state index contributed by atoms with van der Waals surface area (Å²) in [7, 11) is 1.43. The number of hydrogen-bond donors (Lipinski definition) is 2. The van der Waals surface area contributed by atoms with E-state index in [-0.39, 0.29) is 22.4 Å². The van der Waals surface area contributed by atoms with Gasteiger partial charge in [0, 0.05) is 16.2 Å². The van der Waals surface area contributed by atoms with Gasteiger partial charge in [0.1, 0.15) is 0 Å². The van der Waals surface area contributed by atoms with Crippen LogP contribution in [0, 0.1) is 0 Å². The van der Waals surface area contributed by atoms with E-state index in [9.17, 15) is 9.90 Å². The van der Waals surface area contributed by atoms with Crippen LogP contribution in [-0.4, -0.2) is 18.1 Å². The predicted molar refractivity (Wildman–Crippen MR) is 87.6 cm³/mol. The fraction of sp³-hybridized carbons (Fsp3) is 0.0625. The van der Waals surface area contributed by atoms with Gasteiger partial charge >= 0.3 is 0 Å². The van der Waals surface area contributed by atoms with Gasteiger partial charge in [-0.05, 0) is 35.9 Å². The lowest BCUT2D eigenvalue weighted by molar-refractivity contribution is -0.110. The van der Waals surface area contributed by atoms with E-state index in [1.54, 1.807) is 36.4 Å². The molecule has 112 valence electrons. The molecule has 2 N–H and O–H groups in total. The smallest absolute Gasteiger partial charge is 0.256 e. The molecule has 0 saturated heterocycles. The fourth-order valence-corrected chi connectivity index (χ4v) is 2.70. The quantitative estimate of drug-likeness (QED) is 0.808. The number of ether oxygens (including phenoxy) is 1. The lowest BCUT2D eigenvalue weighted by atomic mass is 10.0. The molecule has 0 fully saturated rings. The fourth-order valence-electron chi connectivity index (χ4n) is 2.31. The van der Waals surface area contributed by atoms with Crippen LogP contribution in [0.3, 0.4) is 0 Å². The van der Waals surface area contributed by atoms with Gasteiger partial charge < -0.3 is 15.2 Å². The Morgan fingerprint density at radius 2 is 2.00 bits per heavy atom. The molecule has 0 unspecified atom stereocenters. The largest absolute Gasteiger partial charge is 0.503 e. The molecule has 0 spiro atoms. The number of benzene rings is 2. The van der Waals surface area contributed by atoms with Crippen LogP contribution in [-0.2, 0) is 4.79 Å². The average Bonchev–Trinajstić information content (AvgIpc) is 2.77. The zero-order valence-electron chi connectivity index (χ0n) is 11.5. The minimum absolute atomic E-state index is 0.130. The minimum atomic E-state index is -0.222. The van der Waals surface area contributed by atoms with Gasteiger partial charge in [0.2, 0.25) is 0 Å². The number of aromatic hydroxyl groups is 1. The molecule has 0 atom stereocenters. The number of phenolic OH excluding ortho intramolecular Hbond substituents is 1. The van der Waals surface area contributed by atoms with Crippen LogP contribution in [0.25, 0.3) is 11.6 Å². The third-order valence-corrected chi connectivity index (χ3v) is 3.87. The molecule has 0 aliphatic carbocycles. The van der Waals surface area contributed by atoms with E-state index in [0.717, 1.165) is 5.56 Å². The maximum absolute atomic E-state index is 12.1. The van der Waals surface area contributed by atoms with Crippen LogP contribution in [0.5, 0.6) is 11.5 Å². The van der Waals surface area contributed by atoms with Gasteiger partial charge in [0.15, 0.2) is 11.5 Å². The third-order valence-electron chi connectivity index (χ3n) is 3.35. The topological polar surface area (TPSA) is 58.6 Å². The van der Waals surface area contributed by atoms with Crippen molar-refractivity contribution in [1.82, 2.24) is 0 Å². The highest BCUT2D eigenvalue weighted by Gasteiger charge is 2.24. The second-order valence-corrected chi connectivity index (χ2v) is 5.60. The number of phenols is 1. The Balaban J connectivity index is 2.10. The Morgan fingerprint density at radius 1 is 1.23 bits per heavy atom. The summed E-state index contributed by atoms with van der Waals surface area (Å²) in [6, 6.07) is 8.36.